The van der Waals surface area contributed by atoms with Crippen LogP contribution in [0.5, 0.6) is 5.75 Å². The maximum atomic E-state index is 12.4. The van der Waals surface area contributed by atoms with E-state index in [1.54, 1.807) is 0 Å². The fourth-order valence-electron chi connectivity index (χ4n) is 2.62. The zero-order valence-electron chi connectivity index (χ0n) is 15.6. The van der Waals surface area contributed by atoms with Crippen LogP contribution in [0.2, 0.25) is 0 Å². The molecule has 0 aliphatic carbocycles. The summed E-state index contributed by atoms with van der Waals surface area (Å²) in [6.45, 7) is 1.20. The number of alkyl halides is 2. The topological polar surface area (TPSA) is 75.7 Å². The van der Waals surface area contributed by atoms with E-state index >= 15 is 0 Å². The van der Waals surface area contributed by atoms with E-state index in [-0.39, 0.29) is 35.6 Å². The van der Waals surface area contributed by atoms with E-state index in [1.807, 2.05) is 13.8 Å². The van der Waals surface area contributed by atoms with Crippen molar-refractivity contribution < 1.29 is 27.9 Å². The Labute approximate surface area is 166 Å². The van der Waals surface area contributed by atoms with Gasteiger partial charge in [0.15, 0.2) is 0 Å². The number of imide groups is 1. The molecule has 0 bridgehead atoms. The molecule has 0 aromatic heterocycles. The predicted octanol–water partition coefficient (Wildman–Crippen LogP) is 3.88. The second kappa shape index (κ2) is 10.2. The summed E-state index contributed by atoms with van der Waals surface area (Å²) < 4.78 is 28.6. The highest BCUT2D eigenvalue weighted by Gasteiger charge is 2.34. The van der Waals surface area contributed by atoms with Gasteiger partial charge in [-0.1, -0.05) is 32.4 Å². The Morgan fingerprint density at radius 2 is 1.96 bits per heavy atom. The Morgan fingerprint density at radius 3 is 2.57 bits per heavy atom. The molecule has 9 heteroatoms. The van der Waals surface area contributed by atoms with E-state index in [2.05, 4.69) is 10.1 Å². The van der Waals surface area contributed by atoms with Crippen molar-refractivity contribution in [2.45, 2.75) is 33.3 Å². The van der Waals surface area contributed by atoms with E-state index in [4.69, 9.17) is 0 Å². The molecule has 0 spiro atoms. The van der Waals surface area contributed by atoms with Gasteiger partial charge < -0.3 is 10.1 Å². The molecule has 1 N–H and O–H groups in total. The highest BCUT2D eigenvalue weighted by molar-refractivity contribution is 8.18. The molecule has 0 saturated carbocycles. The minimum absolute atomic E-state index is 0.00768. The molecular formula is C19H22F2N2O4S. The first-order valence-corrected chi connectivity index (χ1v) is 9.71. The highest BCUT2D eigenvalue weighted by Crippen LogP contribution is 2.32. The summed E-state index contributed by atoms with van der Waals surface area (Å²) in [6.07, 6.45) is 3.19. The summed E-state index contributed by atoms with van der Waals surface area (Å²) in [5.41, 5.74) is 0.578. The average molecular weight is 412 g/mol. The van der Waals surface area contributed by atoms with Gasteiger partial charge in [0.05, 0.1) is 4.91 Å². The summed E-state index contributed by atoms with van der Waals surface area (Å²) in [4.78, 5) is 37.7. The Morgan fingerprint density at radius 1 is 1.29 bits per heavy atom. The van der Waals surface area contributed by atoms with Crippen LogP contribution < -0.4 is 10.1 Å². The Hall–Kier alpha value is -2.42. The third-order valence-electron chi connectivity index (χ3n) is 4.08. The zero-order chi connectivity index (χ0) is 20.7. The molecule has 1 aliphatic heterocycles. The average Bonchev–Trinajstić information content (AvgIpc) is 2.90. The van der Waals surface area contributed by atoms with Crippen molar-refractivity contribution in [3.8, 4) is 5.75 Å². The number of hydrogen-bond donors (Lipinski definition) is 1. The summed E-state index contributed by atoms with van der Waals surface area (Å²) in [5, 5.41) is 2.32. The van der Waals surface area contributed by atoms with Crippen LogP contribution in [-0.2, 0) is 9.59 Å². The molecule has 1 fully saturated rings. The van der Waals surface area contributed by atoms with E-state index < -0.39 is 17.8 Å². The Kier molecular flexibility index (Phi) is 7.98. The number of rotatable bonds is 9. The van der Waals surface area contributed by atoms with Gasteiger partial charge in [-0.3, -0.25) is 19.3 Å². The van der Waals surface area contributed by atoms with Crippen molar-refractivity contribution in [1.82, 2.24) is 10.2 Å². The third kappa shape index (κ3) is 6.05. The quantitative estimate of drug-likeness (QED) is 0.623. The van der Waals surface area contributed by atoms with Gasteiger partial charge in [-0.25, -0.2) is 0 Å². The molecular weight excluding hydrogens is 390 g/mol. The lowest BCUT2D eigenvalue weighted by Gasteiger charge is -2.15. The number of halogens is 2. The lowest BCUT2D eigenvalue weighted by molar-refractivity contribution is -0.126. The van der Waals surface area contributed by atoms with Crippen molar-refractivity contribution in [1.29, 1.82) is 0 Å². The second-order valence-electron chi connectivity index (χ2n) is 6.26. The Balaban J connectivity index is 1.93. The van der Waals surface area contributed by atoms with Gasteiger partial charge >= 0.3 is 6.61 Å². The van der Waals surface area contributed by atoms with Crippen LogP contribution in [0, 0.1) is 5.92 Å². The van der Waals surface area contributed by atoms with Crippen molar-refractivity contribution in [2.24, 2.45) is 5.92 Å². The molecule has 2 rings (SSSR count). The van der Waals surface area contributed by atoms with Crippen LogP contribution >= 0.6 is 11.8 Å². The molecule has 1 aromatic rings. The second-order valence-corrected chi connectivity index (χ2v) is 7.25. The van der Waals surface area contributed by atoms with Gasteiger partial charge in [0.1, 0.15) is 5.75 Å². The molecule has 152 valence electrons. The first kappa shape index (κ1) is 21.9. The van der Waals surface area contributed by atoms with Gasteiger partial charge in [0, 0.05) is 19.0 Å². The monoisotopic (exact) mass is 412 g/mol. The summed E-state index contributed by atoms with van der Waals surface area (Å²) >= 11 is 0.799. The van der Waals surface area contributed by atoms with Crippen LogP contribution in [0.4, 0.5) is 13.6 Å². The van der Waals surface area contributed by atoms with E-state index in [9.17, 15) is 23.2 Å². The number of thioether (sulfide) groups is 1. The molecule has 6 nitrogen and oxygen atoms in total. The van der Waals surface area contributed by atoms with E-state index in [0.717, 1.165) is 29.5 Å². The van der Waals surface area contributed by atoms with Crippen molar-refractivity contribution >= 4 is 34.9 Å². The summed E-state index contributed by atoms with van der Waals surface area (Å²) in [5.74, 6) is -0.653. The maximum Gasteiger partial charge on any atom is 0.387 e. The predicted molar refractivity (Wildman–Crippen MR) is 103 cm³/mol. The number of benzene rings is 1. The number of ether oxygens (including phenoxy) is 1. The van der Waals surface area contributed by atoms with Crippen molar-refractivity contribution in [3.63, 3.8) is 0 Å². The Bertz CT molecular complexity index is 753. The SMILES string of the molecule is CCC[C@@H](C)C(=O)NCCN1C(=O)S/C(=C\c2ccc(OC(F)F)cc2)C1=O. The number of carbonyl (C=O) groups excluding carboxylic acids is 3. The fraction of sp³-hybridized carbons (Fsp3) is 0.421. The summed E-state index contributed by atoms with van der Waals surface area (Å²) in [6, 6.07) is 5.74. The number of nitrogens with one attached hydrogen (secondary N) is 1. The molecule has 3 amide bonds. The lowest BCUT2D eigenvalue weighted by Crippen LogP contribution is -2.38. The number of carbonyl (C=O) groups is 3. The first-order chi connectivity index (χ1) is 13.3. The number of nitrogens with zero attached hydrogens (tertiary/aromatic N) is 1. The standard InChI is InChI=1S/C19H22F2N2O4S/c1-3-4-12(2)16(24)22-9-10-23-17(25)15(28-19(23)26)11-13-5-7-14(8-6-13)27-18(20)21/h5-8,11-12,18H,3-4,9-10H2,1-2H3,(H,22,24)/b15-11-/t12-/m1/s1. The van der Waals surface area contributed by atoms with Crippen LogP contribution in [0.15, 0.2) is 29.2 Å². The molecule has 1 aliphatic rings. The van der Waals surface area contributed by atoms with Crippen LogP contribution in [0.25, 0.3) is 6.08 Å². The van der Waals surface area contributed by atoms with Gasteiger partial charge in [0.25, 0.3) is 11.1 Å². The van der Waals surface area contributed by atoms with Crippen LogP contribution in [-0.4, -0.2) is 41.7 Å². The van der Waals surface area contributed by atoms with E-state index in [1.165, 1.54) is 30.3 Å². The number of amides is 3. The fourth-order valence-corrected chi connectivity index (χ4v) is 3.48. The molecule has 0 unspecified atom stereocenters. The van der Waals surface area contributed by atoms with Crippen LogP contribution in [0.1, 0.15) is 32.3 Å². The van der Waals surface area contributed by atoms with Gasteiger partial charge in [0.2, 0.25) is 5.91 Å². The molecule has 1 saturated heterocycles. The van der Waals surface area contributed by atoms with Crippen molar-refractivity contribution in [2.75, 3.05) is 13.1 Å². The van der Waals surface area contributed by atoms with E-state index in [0.29, 0.717) is 5.56 Å². The van der Waals surface area contributed by atoms with Gasteiger partial charge in [-0.05, 0) is 42.0 Å². The smallest absolute Gasteiger partial charge is 0.387 e. The first-order valence-electron chi connectivity index (χ1n) is 8.89. The van der Waals surface area contributed by atoms with Gasteiger partial charge in [-0.15, -0.1) is 0 Å². The lowest BCUT2D eigenvalue weighted by atomic mass is 10.1. The van der Waals surface area contributed by atoms with Crippen molar-refractivity contribution in [3.05, 3.63) is 34.7 Å². The summed E-state index contributed by atoms with van der Waals surface area (Å²) in [7, 11) is 0. The highest BCUT2D eigenvalue weighted by atomic mass is 32.2. The molecule has 1 atom stereocenters. The normalized spacial score (nSPS) is 16.8. The molecule has 0 radical (unpaired) electrons. The minimum atomic E-state index is -2.91. The molecule has 28 heavy (non-hydrogen) atoms. The minimum Gasteiger partial charge on any atom is -0.435 e. The van der Waals surface area contributed by atoms with Crippen LogP contribution in [0.3, 0.4) is 0 Å². The van der Waals surface area contributed by atoms with Gasteiger partial charge in [-0.2, -0.15) is 8.78 Å². The molecule has 1 heterocycles. The third-order valence-corrected chi connectivity index (χ3v) is 4.99. The maximum absolute atomic E-state index is 12.4. The largest absolute Gasteiger partial charge is 0.435 e. The molecule has 1 aromatic carbocycles. The zero-order valence-corrected chi connectivity index (χ0v) is 16.4. The number of hydrogen-bond acceptors (Lipinski definition) is 5.